The van der Waals surface area contributed by atoms with Crippen molar-refractivity contribution in [1.82, 2.24) is 4.98 Å². The Morgan fingerprint density at radius 2 is 1.61 bits per heavy atom. The number of rotatable bonds is 2. The monoisotopic (exact) mass is 360 g/mol. The third-order valence-corrected chi connectivity index (χ3v) is 3.16. The molecule has 0 N–H and O–H groups in total. The van der Waals surface area contributed by atoms with E-state index in [9.17, 15) is 0 Å². The zero-order valence-corrected chi connectivity index (χ0v) is 13.4. The molecule has 0 saturated heterocycles. The zero-order chi connectivity index (χ0) is 12.6. The van der Waals surface area contributed by atoms with Gasteiger partial charge in [-0.15, -0.1) is 0 Å². The van der Waals surface area contributed by atoms with Crippen LogP contribution in [0.1, 0.15) is 11.4 Å². The predicted molar refractivity (Wildman–Crippen MR) is 65.5 cm³/mol. The molecule has 5 heteroatoms. The first-order valence-corrected chi connectivity index (χ1v) is 5.47. The van der Waals surface area contributed by atoms with Crippen LogP contribution in [-0.4, -0.2) is 19.2 Å². The standard InChI is InChI=1S/C13H17N2O2.HI/c1-8-9(2)15(3)11-7-13(17-5)12(16-4)6-10(11)14-8;/h6-7H,1-5H3;1H/q+1;/p-1. The van der Waals surface area contributed by atoms with Crippen molar-refractivity contribution in [1.29, 1.82) is 0 Å². The highest BCUT2D eigenvalue weighted by atomic mass is 127. The summed E-state index contributed by atoms with van der Waals surface area (Å²) in [5.41, 5.74) is 4.11. The van der Waals surface area contributed by atoms with Crippen molar-refractivity contribution in [3.8, 4) is 11.5 Å². The second kappa shape index (κ2) is 5.69. The Morgan fingerprint density at radius 3 is 2.17 bits per heavy atom. The largest absolute Gasteiger partial charge is 1.00 e. The Bertz CT molecular complexity index is 585. The molecular weight excluding hydrogens is 343 g/mol. The normalized spacial score (nSPS) is 10.1. The lowest BCUT2D eigenvalue weighted by molar-refractivity contribution is -0.652. The summed E-state index contributed by atoms with van der Waals surface area (Å²) in [6.45, 7) is 4.06. The molecule has 0 aliphatic carbocycles. The molecule has 2 aromatic rings. The molecule has 98 valence electrons. The molecule has 0 aliphatic rings. The number of ether oxygens (including phenoxy) is 2. The average molecular weight is 360 g/mol. The predicted octanol–water partition coefficient (Wildman–Crippen LogP) is -1.30. The Morgan fingerprint density at radius 1 is 1.06 bits per heavy atom. The first-order valence-electron chi connectivity index (χ1n) is 5.47. The summed E-state index contributed by atoms with van der Waals surface area (Å²) in [4.78, 5) is 4.56. The van der Waals surface area contributed by atoms with Gasteiger partial charge in [-0.1, -0.05) is 0 Å². The van der Waals surface area contributed by atoms with Crippen LogP contribution in [0, 0.1) is 13.8 Å². The van der Waals surface area contributed by atoms with Crippen molar-refractivity contribution in [3.05, 3.63) is 23.5 Å². The van der Waals surface area contributed by atoms with E-state index in [-0.39, 0.29) is 24.0 Å². The van der Waals surface area contributed by atoms with E-state index in [4.69, 9.17) is 9.47 Å². The molecule has 1 heterocycles. The number of aromatic nitrogens is 2. The molecule has 0 bridgehead atoms. The quantitative estimate of drug-likeness (QED) is 0.493. The van der Waals surface area contributed by atoms with Crippen LogP contribution in [-0.2, 0) is 7.05 Å². The van der Waals surface area contributed by atoms with Crippen LogP contribution in [0.15, 0.2) is 12.1 Å². The SMILES string of the molecule is COc1cc2nc(C)c(C)[n+](C)c2cc1OC.[I-]. The smallest absolute Gasteiger partial charge is 0.235 e. The second-order valence-corrected chi connectivity index (χ2v) is 4.04. The first kappa shape index (κ1) is 14.9. The number of hydrogen-bond acceptors (Lipinski definition) is 3. The Balaban J connectivity index is 0.00000162. The number of benzene rings is 1. The molecule has 0 fully saturated rings. The molecule has 0 amide bonds. The van der Waals surface area contributed by atoms with Gasteiger partial charge >= 0.3 is 0 Å². The number of aryl methyl sites for hydroxylation is 2. The summed E-state index contributed by atoms with van der Waals surface area (Å²) in [7, 11) is 5.29. The van der Waals surface area contributed by atoms with E-state index in [1.807, 2.05) is 26.1 Å². The van der Waals surface area contributed by atoms with Gasteiger partial charge in [0.15, 0.2) is 17.2 Å². The van der Waals surface area contributed by atoms with E-state index in [1.165, 1.54) is 0 Å². The highest BCUT2D eigenvalue weighted by Gasteiger charge is 2.17. The van der Waals surface area contributed by atoms with Gasteiger partial charge in [-0.3, -0.25) is 0 Å². The van der Waals surface area contributed by atoms with Crippen LogP contribution in [0.4, 0.5) is 0 Å². The van der Waals surface area contributed by atoms with Crippen molar-refractivity contribution in [2.24, 2.45) is 7.05 Å². The van der Waals surface area contributed by atoms with Gasteiger partial charge < -0.3 is 33.5 Å². The van der Waals surface area contributed by atoms with E-state index in [2.05, 4.69) is 16.5 Å². The molecule has 0 unspecified atom stereocenters. The van der Waals surface area contributed by atoms with Crippen molar-refractivity contribution in [2.75, 3.05) is 14.2 Å². The Kier molecular flexibility index (Phi) is 4.72. The van der Waals surface area contributed by atoms with Crippen molar-refractivity contribution in [2.45, 2.75) is 13.8 Å². The van der Waals surface area contributed by atoms with E-state index < -0.39 is 0 Å². The molecule has 0 spiro atoms. The van der Waals surface area contributed by atoms with Gasteiger partial charge in [-0.2, -0.15) is 4.57 Å². The lowest BCUT2D eigenvalue weighted by Crippen LogP contribution is -3.00. The molecular formula is C13H17IN2O2. The molecule has 0 saturated carbocycles. The molecule has 0 radical (unpaired) electrons. The summed E-state index contributed by atoms with van der Waals surface area (Å²) in [6.07, 6.45) is 0. The summed E-state index contributed by atoms with van der Waals surface area (Å²) >= 11 is 0. The maximum atomic E-state index is 5.30. The van der Waals surface area contributed by atoms with Crippen molar-refractivity contribution < 1.29 is 38.0 Å². The molecule has 1 aromatic heterocycles. The topological polar surface area (TPSA) is 35.2 Å². The van der Waals surface area contributed by atoms with Gasteiger partial charge in [0.05, 0.1) is 20.3 Å². The number of fused-ring (bicyclic) bond motifs is 1. The van der Waals surface area contributed by atoms with Crippen molar-refractivity contribution in [3.63, 3.8) is 0 Å². The Hall–Kier alpha value is -1.11. The van der Waals surface area contributed by atoms with Gasteiger partial charge in [0.1, 0.15) is 18.3 Å². The van der Waals surface area contributed by atoms with Crippen LogP contribution in [0.3, 0.4) is 0 Å². The maximum absolute atomic E-state index is 5.30. The highest BCUT2D eigenvalue weighted by Crippen LogP contribution is 2.30. The van der Waals surface area contributed by atoms with Gasteiger partial charge in [0.25, 0.3) is 0 Å². The maximum Gasteiger partial charge on any atom is 0.235 e. The summed E-state index contributed by atoms with van der Waals surface area (Å²) in [6, 6.07) is 3.86. The molecule has 0 atom stereocenters. The molecule has 1 aromatic carbocycles. The van der Waals surface area contributed by atoms with Crippen molar-refractivity contribution >= 4 is 11.0 Å². The van der Waals surface area contributed by atoms with E-state index in [1.54, 1.807) is 14.2 Å². The highest BCUT2D eigenvalue weighted by molar-refractivity contribution is 5.76. The van der Waals surface area contributed by atoms with Gasteiger partial charge in [-0.25, -0.2) is 4.98 Å². The van der Waals surface area contributed by atoms with Crippen LogP contribution >= 0.6 is 0 Å². The molecule has 18 heavy (non-hydrogen) atoms. The Labute approximate surface area is 124 Å². The minimum atomic E-state index is 0. The number of nitrogens with zero attached hydrogens (tertiary/aromatic N) is 2. The summed E-state index contributed by atoms with van der Waals surface area (Å²) in [5.74, 6) is 1.43. The minimum absolute atomic E-state index is 0. The second-order valence-electron chi connectivity index (χ2n) is 4.04. The molecule has 4 nitrogen and oxygen atoms in total. The lowest BCUT2D eigenvalue weighted by Gasteiger charge is -2.09. The van der Waals surface area contributed by atoms with Crippen LogP contribution in [0.25, 0.3) is 11.0 Å². The molecule has 2 rings (SSSR count). The van der Waals surface area contributed by atoms with Crippen LogP contribution in [0.2, 0.25) is 0 Å². The fraction of sp³-hybridized carbons (Fsp3) is 0.385. The fourth-order valence-electron chi connectivity index (χ4n) is 1.90. The lowest BCUT2D eigenvalue weighted by atomic mass is 10.2. The minimum Gasteiger partial charge on any atom is -1.00 e. The number of methoxy groups -OCH3 is 2. The fourth-order valence-corrected chi connectivity index (χ4v) is 1.90. The van der Waals surface area contributed by atoms with Gasteiger partial charge in [-0.05, 0) is 6.92 Å². The van der Waals surface area contributed by atoms with Gasteiger partial charge in [0, 0.05) is 13.0 Å². The molecule has 0 aliphatic heterocycles. The third-order valence-electron chi connectivity index (χ3n) is 3.16. The average Bonchev–Trinajstić information content (AvgIpc) is 2.34. The third kappa shape index (κ3) is 2.36. The van der Waals surface area contributed by atoms with Crippen LogP contribution in [0.5, 0.6) is 11.5 Å². The van der Waals surface area contributed by atoms with E-state index in [0.717, 1.165) is 28.2 Å². The summed E-state index contributed by atoms with van der Waals surface area (Å²) in [5, 5.41) is 0. The van der Waals surface area contributed by atoms with Crippen LogP contribution < -0.4 is 38.0 Å². The van der Waals surface area contributed by atoms with E-state index >= 15 is 0 Å². The number of hydrogen-bond donors (Lipinski definition) is 0. The summed E-state index contributed by atoms with van der Waals surface area (Å²) < 4.78 is 12.7. The first-order chi connectivity index (χ1) is 8.08. The van der Waals surface area contributed by atoms with E-state index in [0.29, 0.717) is 5.75 Å². The number of halogens is 1. The zero-order valence-electron chi connectivity index (χ0n) is 11.2. The van der Waals surface area contributed by atoms with Gasteiger partial charge in [0.2, 0.25) is 5.52 Å².